The molecule has 1 aromatic carbocycles. The van der Waals surface area contributed by atoms with Gasteiger partial charge >= 0.3 is 5.97 Å². The van der Waals surface area contributed by atoms with E-state index in [9.17, 15) is 9.59 Å². The van der Waals surface area contributed by atoms with E-state index in [0.29, 0.717) is 11.5 Å². The lowest BCUT2D eigenvalue weighted by Gasteiger charge is -2.19. The number of hydrogen-bond donors (Lipinski definition) is 0. The van der Waals surface area contributed by atoms with Crippen LogP contribution in [0.3, 0.4) is 0 Å². The van der Waals surface area contributed by atoms with Crippen molar-refractivity contribution in [1.29, 1.82) is 0 Å². The van der Waals surface area contributed by atoms with Gasteiger partial charge in [0.05, 0.1) is 13.5 Å². The van der Waals surface area contributed by atoms with Crippen molar-refractivity contribution in [2.24, 2.45) is 0 Å². The Morgan fingerprint density at radius 3 is 2.38 bits per heavy atom. The Labute approximate surface area is 125 Å². The number of rotatable bonds is 7. The van der Waals surface area contributed by atoms with Crippen molar-refractivity contribution in [2.45, 2.75) is 39.2 Å². The van der Waals surface area contributed by atoms with E-state index in [-0.39, 0.29) is 31.2 Å². The Balaban J connectivity index is 2.32. The van der Waals surface area contributed by atoms with Crippen LogP contribution < -0.4 is 9.47 Å². The topological polar surface area (TPSA) is 61.8 Å². The zero-order valence-corrected chi connectivity index (χ0v) is 13.0. The fourth-order valence-electron chi connectivity index (χ4n) is 1.56. The number of ether oxygens (including phenoxy) is 3. The number of ketones is 1. The van der Waals surface area contributed by atoms with E-state index in [1.54, 1.807) is 52.1 Å². The lowest BCUT2D eigenvalue weighted by atomic mass is 10.2. The minimum Gasteiger partial charge on any atom is -0.497 e. The summed E-state index contributed by atoms with van der Waals surface area (Å²) < 4.78 is 15.6. The van der Waals surface area contributed by atoms with Crippen LogP contribution in [0, 0.1) is 0 Å². The second-order valence-corrected chi connectivity index (χ2v) is 5.59. The van der Waals surface area contributed by atoms with Crippen molar-refractivity contribution in [3.8, 4) is 11.5 Å². The summed E-state index contributed by atoms with van der Waals surface area (Å²) in [5.74, 6) is 0.689. The van der Waals surface area contributed by atoms with Gasteiger partial charge in [-0.15, -0.1) is 0 Å². The van der Waals surface area contributed by atoms with Crippen LogP contribution in [0.4, 0.5) is 0 Å². The molecule has 1 aromatic rings. The molecule has 0 aliphatic heterocycles. The van der Waals surface area contributed by atoms with Gasteiger partial charge in [0.1, 0.15) is 23.7 Å². The first kappa shape index (κ1) is 17.0. The van der Waals surface area contributed by atoms with E-state index >= 15 is 0 Å². The molecule has 5 heteroatoms. The Hall–Kier alpha value is -2.04. The van der Waals surface area contributed by atoms with Gasteiger partial charge < -0.3 is 14.2 Å². The maximum absolute atomic E-state index is 11.7. The van der Waals surface area contributed by atoms with E-state index in [1.165, 1.54) is 0 Å². The molecule has 116 valence electrons. The molecule has 0 atom stereocenters. The minimum atomic E-state index is -0.531. The maximum Gasteiger partial charge on any atom is 0.306 e. The highest BCUT2D eigenvalue weighted by molar-refractivity contribution is 5.84. The Morgan fingerprint density at radius 1 is 1.10 bits per heavy atom. The average Bonchev–Trinajstić information content (AvgIpc) is 2.41. The summed E-state index contributed by atoms with van der Waals surface area (Å²) in [4.78, 5) is 23.2. The van der Waals surface area contributed by atoms with Crippen LogP contribution in [0.5, 0.6) is 11.5 Å². The summed E-state index contributed by atoms with van der Waals surface area (Å²) in [7, 11) is 1.56. The molecular weight excluding hydrogens is 272 g/mol. The maximum atomic E-state index is 11.7. The largest absolute Gasteiger partial charge is 0.497 e. The fourth-order valence-corrected chi connectivity index (χ4v) is 1.56. The van der Waals surface area contributed by atoms with Crippen LogP contribution in [0.2, 0.25) is 0 Å². The fraction of sp³-hybridized carbons (Fsp3) is 0.500. The van der Waals surface area contributed by atoms with Crippen LogP contribution in [-0.4, -0.2) is 31.1 Å². The van der Waals surface area contributed by atoms with Crippen LogP contribution in [0.1, 0.15) is 33.6 Å². The summed E-state index contributed by atoms with van der Waals surface area (Å²) in [5.41, 5.74) is -0.531. The van der Waals surface area contributed by atoms with Crippen molar-refractivity contribution in [3.63, 3.8) is 0 Å². The van der Waals surface area contributed by atoms with Crippen molar-refractivity contribution < 1.29 is 23.8 Å². The lowest BCUT2D eigenvalue weighted by molar-refractivity contribution is -0.155. The molecule has 0 fully saturated rings. The first-order chi connectivity index (χ1) is 9.80. The second kappa shape index (κ2) is 7.67. The molecule has 0 N–H and O–H groups in total. The van der Waals surface area contributed by atoms with Gasteiger partial charge in [-0.2, -0.15) is 0 Å². The molecule has 0 aliphatic carbocycles. The molecule has 0 aromatic heterocycles. The molecule has 0 radical (unpaired) electrons. The van der Waals surface area contributed by atoms with Crippen LogP contribution >= 0.6 is 0 Å². The van der Waals surface area contributed by atoms with Crippen LogP contribution in [-0.2, 0) is 14.3 Å². The van der Waals surface area contributed by atoms with E-state index in [2.05, 4.69) is 0 Å². The third kappa shape index (κ3) is 7.34. The number of esters is 1. The highest BCUT2D eigenvalue weighted by Gasteiger charge is 2.17. The summed E-state index contributed by atoms with van der Waals surface area (Å²) in [6, 6.07) is 7.00. The predicted octanol–water partition coefficient (Wildman–Crippen LogP) is 2.77. The molecule has 21 heavy (non-hydrogen) atoms. The minimum absolute atomic E-state index is 0.0670. The molecule has 1 rings (SSSR count). The van der Waals surface area contributed by atoms with Crippen molar-refractivity contribution in [1.82, 2.24) is 0 Å². The molecule has 0 saturated heterocycles. The van der Waals surface area contributed by atoms with Gasteiger partial charge in [-0.1, -0.05) is 6.07 Å². The average molecular weight is 294 g/mol. The van der Waals surface area contributed by atoms with Gasteiger partial charge in [0.25, 0.3) is 0 Å². The van der Waals surface area contributed by atoms with Crippen molar-refractivity contribution >= 4 is 11.8 Å². The lowest BCUT2D eigenvalue weighted by Crippen LogP contribution is -2.24. The standard InChI is InChI=1S/C16H22O5/c1-16(2,3)21-15(18)9-8-12(17)11-20-14-7-5-6-13(10-14)19-4/h5-7,10H,8-9,11H2,1-4H3. The zero-order valence-electron chi connectivity index (χ0n) is 13.0. The van der Waals surface area contributed by atoms with E-state index in [0.717, 1.165) is 0 Å². The van der Waals surface area contributed by atoms with E-state index < -0.39 is 5.60 Å². The number of benzene rings is 1. The number of hydrogen-bond acceptors (Lipinski definition) is 5. The van der Waals surface area contributed by atoms with Crippen LogP contribution in [0.15, 0.2) is 24.3 Å². The molecule has 0 spiro atoms. The molecular formula is C16H22O5. The quantitative estimate of drug-likeness (QED) is 0.724. The van der Waals surface area contributed by atoms with Gasteiger partial charge in [0.15, 0.2) is 5.78 Å². The summed E-state index contributed by atoms with van der Waals surface area (Å²) in [6.45, 7) is 5.30. The van der Waals surface area contributed by atoms with Gasteiger partial charge in [-0.3, -0.25) is 9.59 Å². The number of carbonyl (C=O) groups is 2. The highest BCUT2D eigenvalue weighted by atomic mass is 16.6. The van der Waals surface area contributed by atoms with E-state index in [4.69, 9.17) is 14.2 Å². The summed E-state index contributed by atoms with van der Waals surface area (Å²) >= 11 is 0. The molecule has 0 aliphatic rings. The van der Waals surface area contributed by atoms with E-state index in [1.807, 2.05) is 0 Å². The van der Waals surface area contributed by atoms with Crippen molar-refractivity contribution in [2.75, 3.05) is 13.7 Å². The van der Waals surface area contributed by atoms with Crippen molar-refractivity contribution in [3.05, 3.63) is 24.3 Å². The molecule has 0 heterocycles. The first-order valence-electron chi connectivity index (χ1n) is 6.80. The Bertz CT molecular complexity index is 488. The molecule has 0 amide bonds. The molecule has 5 nitrogen and oxygen atoms in total. The normalized spacial score (nSPS) is 10.9. The summed E-state index contributed by atoms with van der Waals surface area (Å²) in [6.07, 6.45) is 0.177. The Morgan fingerprint density at radius 2 is 1.76 bits per heavy atom. The third-order valence-corrected chi connectivity index (χ3v) is 2.47. The summed E-state index contributed by atoms with van der Waals surface area (Å²) in [5, 5.41) is 0. The van der Waals surface area contributed by atoms with Gasteiger partial charge in [-0.05, 0) is 32.9 Å². The molecule has 0 unspecified atom stereocenters. The number of Topliss-reactive ketones (excluding diaryl/α,β-unsaturated/α-hetero) is 1. The first-order valence-corrected chi connectivity index (χ1v) is 6.80. The number of methoxy groups -OCH3 is 1. The van der Waals surface area contributed by atoms with Gasteiger partial charge in [-0.25, -0.2) is 0 Å². The third-order valence-electron chi connectivity index (χ3n) is 2.47. The van der Waals surface area contributed by atoms with Gasteiger partial charge in [0.2, 0.25) is 0 Å². The predicted molar refractivity (Wildman–Crippen MR) is 78.6 cm³/mol. The van der Waals surface area contributed by atoms with Gasteiger partial charge in [0, 0.05) is 12.5 Å². The molecule has 0 bridgehead atoms. The SMILES string of the molecule is COc1cccc(OCC(=O)CCC(=O)OC(C)(C)C)c1. The monoisotopic (exact) mass is 294 g/mol. The second-order valence-electron chi connectivity index (χ2n) is 5.59. The number of carbonyl (C=O) groups excluding carboxylic acids is 2. The zero-order chi connectivity index (χ0) is 15.9. The molecule has 0 saturated carbocycles. The van der Waals surface area contributed by atoms with Crippen LogP contribution in [0.25, 0.3) is 0 Å². The smallest absolute Gasteiger partial charge is 0.306 e. The highest BCUT2D eigenvalue weighted by Crippen LogP contribution is 2.18. The Kier molecular flexibility index (Phi) is 6.21.